The van der Waals surface area contributed by atoms with Crippen LogP contribution in [-0.4, -0.2) is 51.7 Å². The van der Waals surface area contributed by atoms with E-state index < -0.39 is 16.1 Å². The zero-order chi connectivity index (χ0) is 20.9. The topological polar surface area (TPSA) is 87.7 Å². The van der Waals surface area contributed by atoms with Crippen LogP contribution in [0, 0.1) is 6.92 Å². The summed E-state index contributed by atoms with van der Waals surface area (Å²) in [5, 5.41) is 2.80. The van der Waals surface area contributed by atoms with Crippen molar-refractivity contribution >= 4 is 16.1 Å². The number of morpholine rings is 1. The largest absolute Gasteiger partial charge is 0.379 e. The molecule has 2 aromatic rings. The number of benzene rings is 2. The summed E-state index contributed by atoms with van der Waals surface area (Å²) in [5.41, 5.74) is 2.00. The van der Waals surface area contributed by atoms with Crippen LogP contribution in [-0.2, 0) is 14.8 Å². The predicted octanol–water partition coefficient (Wildman–Crippen LogP) is 2.44. The minimum absolute atomic E-state index is 0.0543. The molecule has 1 saturated heterocycles. The molecule has 156 valence electrons. The minimum atomic E-state index is -3.93. The molecule has 3 rings (SSSR count). The van der Waals surface area contributed by atoms with E-state index in [-0.39, 0.29) is 17.0 Å². The van der Waals surface area contributed by atoms with Crippen LogP contribution in [0.25, 0.3) is 0 Å². The molecule has 2 amide bonds. The van der Waals surface area contributed by atoms with Gasteiger partial charge in [-0.2, -0.15) is 0 Å². The molecular formula is C21H27N3O4S. The molecule has 29 heavy (non-hydrogen) atoms. The molecule has 8 heteroatoms. The van der Waals surface area contributed by atoms with E-state index in [1.165, 1.54) is 12.1 Å². The van der Waals surface area contributed by atoms with Gasteiger partial charge >= 0.3 is 6.03 Å². The molecule has 0 saturated carbocycles. The molecule has 0 radical (unpaired) electrons. The Morgan fingerprint density at radius 1 is 1.03 bits per heavy atom. The SMILES string of the molecule is Cc1ccc(S(=O)(=O)NC(=O)N[C@H](C)[C@H](c2ccccc2)N2CCOCC2)cc1. The van der Waals surface area contributed by atoms with Gasteiger partial charge in [-0.05, 0) is 31.5 Å². The second-order valence-electron chi connectivity index (χ2n) is 7.18. The van der Waals surface area contributed by atoms with Crippen molar-refractivity contribution in [2.24, 2.45) is 0 Å². The number of nitrogens with zero attached hydrogens (tertiary/aromatic N) is 1. The zero-order valence-electron chi connectivity index (χ0n) is 16.7. The minimum Gasteiger partial charge on any atom is -0.379 e. The lowest BCUT2D eigenvalue weighted by molar-refractivity contribution is 0.00967. The van der Waals surface area contributed by atoms with Gasteiger partial charge in [-0.25, -0.2) is 17.9 Å². The fraction of sp³-hybridized carbons (Fsp3) is 0.381. The van der Waals surface area contributed by atoms with Crippen molar-refractivity contribution in [2.45, 2.75) is 30.8 Å². The Morgan fingerprint density at radius 2 is 1.66 bits per heavy atom. The van der Waals surface area contributed by atoms with Gasteiger partial charge in [0.2, 0.25) is 0 Å². The summed E-state index contributed by atoms with van der Waals surface area (Å²) in [4.78, 5) is 14.8. The lowest BCUT2D eigenvalue weighted by Gasteiger charge is -2.38. The van der Waals surface area contributed by atoms with Crippen LogP contribution in [0.1, 0.15) is 24.1 Å². The summed E-state index contributed by atoms with van der Waals surface area (Å²) in [6.07, 6.45) is 0. The third-order valence-electron chi connectivity index (χ3n) is 4.97. The van der Waals surface area contributed by atoms with E-state index in [1.807, 2.05) is 44.2 Å². The van der Waals surface area contributed by atoms with Crippen LogP contribution >= 0.6 is 0 Å². The quantitative estimate of drug-likeness (QED) is 0.754. The Morgan fingerprint density at radius 3 is 2.28 bits per heavy atom. The summed E-state index contributed by atoms with van der Waals surface area (Å²) < 4.78 is 32.5. The fourth-order valence-electron chi connectivity index (χ4n) is 3.54. The van der Waals surface area contributed by atoms with Crippen molar-refractivity contribution in [3.63, 3.8) is 0 Å². The van der Waals surface area contributed by atoms with E-state index >= 15 is 0 Å². The second-order valence-corrected chi connectivity index (χ2v) is 8.87. The van der Waals surface area contributed by atoms with E-state index in [0.29, 0.717) is 13.2 Å². The number of hydrogen-bond donors (Lipinski definition) is 2. The van der Waals surface area contributed by atoms with Gasteiger partial charge in [-0.3, -0.25) is 4.90 Å². The Bertz CT molecular complexity index is 911. The number of urea groups is 1. The molecule has 2 N–H and O–H groups in total. The second kappa shape index (κ2) is 9.39. The van der Waals surface area contributed by atoms with E-state index in [1.54, 1.807) is 12.1 Å². The van der Waals surface area contributed by atoms with Crippen molar-refractivity contribution in [3.8, 4) is 0 Å². The summed E-state index contributed by atoms with van der Waals surface area (Å²) >= 11 is 0. The highest BCUT2D eigenvalue weighted by Gasteiger charge is 2.29. The Hall–Kier alpha value is -2.42. The van der Waals surface area contributed by atoms with Gasteiger partial charge in [0.1, 0.15) is 0 Å². The summed E-state index contributed by atoms with van der Waals surface area (Å²) in [6, 6.07) is 15.1. The number of amides is 2. The molecule has 0 unspecified atom stereocenters. The summed E-state index contributed by atoms with van der Waals surface area (Å²) in [5.74, 6) is 0. The lowest BCUT2D eigenvalue weighted by atomic mass is 9.98. The van der Waals surface area contributed by atoms with E-state index in [0.717, 1.165) is 24.2 Å². The van der Waals surface area contributed by atoms with Crippen LogP contribution in [0.15, 0.2) is 59.5 Å². The highest BCUT2D eigenvalue weighted by Crippen LogP contribution is 2.25. The highest BCUT2D eigenvalue weighted by atomic mass is 32.2. The molecule has 0 bridgehead atoms. The number of sulfonamides is 1. The first-order chi connectivity index (χ1) is 13.9. The monoisotopic (exact) mass is 417 g/mol. The molecule has 0 aromatic heterocycles. The first-order valence-electron chi connectivity index (χ1n) is 9.63. The summed E-state index contributed by atoms with van der Waals surface area (Å²) in [6.45, 7) is 6.50. The number of carbonyl (C=O) groups excluding carboxylic acids is 1. The van der Waals surface area contributed by atoms with Gasteiger partial charge in [0.05, 0.1) is 24.2 Å². The number of hydrogen-bond acceptors (Lipinski definition) is 5. The number of rotatable bonds is 6. The smallest absolute Gasteiger partial charge is 0.328 e. The molecule has 1 fully saturated rings. The van der Waals surface area contributed by atoms with Crippen LogP contribution < -0.4 is 10.0 Å². The normalized spacial score (nSPS) is 17.3. The Kier molecular flexibility index (Phi) is 6.89. The third kappa shape index (κ3) is 5.56. The van der Waals surface area contributed by atoms with Crippen LogP contribution in [0.3, 0.4) is 0 Å². The number of aryl methyl sites for hydroxylation is 1. The maximum atomic E-state index is 12.5. The van der Waals surface area contributed by atoms with Crippen molar-refractivity contribution < 1.29 is 17.9 Å². The Balaban J connectivity index is 1.72. The molecule has 1 aliphatic rings. The molecule has 0 spiro atoms. The molecule has 0 aliphatic carbocycles. The maximum Gasteiger partial charge on any atom is 0.328 e. The standard InChI is InChI=1S/C21H27N3O4S/c1-16-8-10-19(11-9-16)29(26,27)23-21(25)22-17(2)20(18-6-4-3-5-7-18)24-12-14-28-15-13-24/h3-11,17,20H,12-15H2,1-2H3,(H2,22,23,25)/t17-,20-/m1/s1. The van der Waals surface area contributed by atoms with Gasteiger partial charge in [0.25, 0.3) is 10.0 Å². The number of carbonyl (C=O) groups is 1. The van der Waals surface area contributed by atoms with E-state index in [9.17, 15) is 13.2 Å². The predicted molar refractivity (Wildman–Crippen MR) is 111 cm³/mol. The van der Waals surface area contributed by atoms with Gasteiger partial charge in [-0.15, -0.1) is 0 Å². The van der Waals surface area contributed by atoms with Crippen molar-refractivity contribution in [1.82, 2.24) is 14.9 Å². The third-order valence-corrected chi connectivity index (χ3v) is 6.32. The maximum absolute atomic E-state index is 12.5. The Labute approximate surface area is 172 Å². The molecule has 1 aliphatic heterocycles. The van der Waals surface area contributed by atoms with Gasteiger partial charge in [0, 0.05) is 19.1 Å². The first-order valence-corrected chi connectivity index (χ1v) is 11.1. The average molecular weight is 418 g/mol. The van der Waals surface area contributed by atoms with E-state index in [4.69, 9.17) is 4.74 Å². The average Bonchev–Trinajstić information content (AvgIpc) is 2.69. The molecule has 2 atom stereocenters. The molecule has 7 nitrogen and oxygen atoms in total. The van der Waals surface area contributed by atoms with Gasteiger partial charge in [0.15, 0.2) is 0 Å². The molecule has 1 heterocycles. The van der Waals surface area contributed by atoms with Gasteiger partial charge in [-0.1, -0.05) is 48.0 Å². The van der Waals surface area contributed by atoms with Crippen molar-refractivity contribution in [1.29, 1.82) is 0 Å². The lowest BCUT2D eigenvalue weighted by Crippen LogP contribution is -2.51. The summed E-state index contributed by atoms with van der Waals surface area (Å²) in [7, 11) is -3.93. The van der Waals surface area contributed by atoms with Gasteiger partial charge < -0.3 is 10.1 Å². The first kappa shape index (κ1) is 21.3. The highest BCUT2D eigenvalue weighted by molar-refractivity contribution is 7.90. The zero-order valence-corrected chi connectivity index (χ0v) is 17.5. The van der Waals surface area contributed by atoms with Crippen LogP contribution in [0.2, 0.25) is 0 Å². The van der Waals surface area contributed by atoms with Crippen molar-refractivity contribution in [3.05, 3.63) is 65.7 Å². The number of ether oxygens (including phenoxy) is 1. The van der Waals surface area contributed by atoms with Crippen molar-refractivity contribution in [2.75, 3.05) is 26.3 Å². The molecular weight excluding hydrogens is 390 g/mol. The van der Waals surface area contributed by atoms with Crippen LogP contribution in [0.5, 0.6) is 0 Å². The van der Waals surface area contributed by atoms with Crippen LogP contribution in [0.4, 0.5) is 4.79 Å². The fourth-order valence-corrected chi connectivity index (χ4v) is 4.45. The number of nitrogens with one attached hydrogen (secondary N) is 2. The molecule has 2 aromatic carbocycles. The van der Waals surface area contributed by atoms with E-state index in [2.05, 4.69) is 14.9 Å².